The number of anilines is 1. The number of benzene rings is 2. The van der Waals surface area contributed by atoms with Gasteiger partial charge in [-0.2, -0.15) is 0 Å². The number of aryl methyl sites for hydroxylation is 1. The van der Waals surface area contributed by atoms with Gasteiger partial charge in [0.25, 0.3) is 5.91 Å². The van der Waals surface area contributed by atoms with Gasteiger partial charge in [-0.05, 0) is 56.2 Å². The molecular formula is C20H23NO4. The third-order valence-corrected chi connectivity index (χ3v) is 3.87. The smallest absolute Gasteiger partial charge is 0.265 e. The summed E-state index contributed by atoms with van der Waals surface area (Å²) >= 11 is 0. The minimum Gasteiger partial charge on any atom is -0.493 e. The number of hydrogen-bond acceptors (Lipinski definition) is 4. The normalized spacial score (nSPS) is 11.5. The van der Waals surface area contributed by atoms with Gasteiger partial charge in [-0.1, -0.05) is 19.1 Å². The van der Waals surface area contributed by atoms with Crippen molar-refractivity contribution >= 4 is 17.4 Å². The zero-order chi connectivity index (χ0) is 18.4. The summed E-state index contributed by atoms with van der Waals surface area (Å²) in [5.74, 6) is 0.504. The van der Waals surface area contributed by atoms with Crippen LogP contribution >= 0.6 is 0 Å². The van der Waals surface area contributed by atoms with E-state index in [0.717, 1.165) is 12.1 Å². The van der Waals surface area contributed by atoms with Gasteiger partial charge in [0.05, 0.1) is 7.11 Å². The Morgan fingerprint density at radius 1 is 1.08 bits per heavy atom. The van der Waals surface area contributed by atoms with Crippen LogP contribution in [-0.4, -0.2) is 24.9 Å². The predicted molar refractivity (Wildman–Crippen MR) is 97.5 cm³/mol. The predicted octanol–water partition coefficient (Wildman–Crippen LogP) is 3.87. The van der Waals surface area contributed by atoms with Gasteiger partial charge < -0.3 is 14.8 Å². The molecule has 0 bridgehead atoms. The highest BCUT2D eigenvalue weighted by Gasteiger charge is 2.18. The van der Waals surface area contributed by atoms with E-state index in [2.05, 4.69) is 12.2 Å². The Bertz CT molecular complexity index is 753. The fraction of sp³-hybridized carbons (Fsp3) is 0.300. The number of methoxy groups -OCH3 is 1. The molecule has 1 atom stereocenters. The Morgan fingerprint density at radius 2 is 1.76 bits per heavy atom. The molecular weight excluding hydrogens is 318 g/mol. The number of amides is 1. The summed E-state index contributed by atoms with van der Waals surface area (Å²) in [6.45, 7) is 5.22. The van der Waals surface area contributed by atoms with Crippen LogP contribution in [-0.2, 0) is 11.2 Å². The number of rotatable bonds is 7. The van der Waals surface area contributed by atoms with E-state index in [9.17, 15) is 9.59 Å². The van der Waals surface area contributed by atoms with Crippen LogP contribution in [0, 0.1) is 0 Å². The van der Waals surface area contributed by atoms with Crippen LogP contribution in [0.15, 0.2) is 42.5 Å². The van der Waals surface area contributed by atoms with Gasteiger partial charge in [0, 0.05) is 11.3 Å². The molecule has 0 heterocycles. The lowest BCUT2D eigenvalue weighted by molar-refractivity contribution is -0.122. The van der Waals surface area contributed by atoms with E-state index in [0.29, 0.717) is 17.1 Å². The van der Waals surface area contributed by atoms with Crippen molar-refractivity contribution in [2.45, 2.75) is 33.3 Å². The largest absolute Gasteiger partial charge is 0.493 e. The second-order valence-electron chi connectivity index (χ2n) is 5.72. The molecule has 25 heavy (non-hydrogen) atoms. The van der Waals surface area contributed by atoms with Crippen LogP contribution in [0.1, 0.15) is 36.7 Å². The molecule has 0 aliphatic rings. The number of ketones is 1. The second kappa shape index (κ2) is 8.33. The Labute approximate surface area is 148 Å². The number of carbonyl (C=O) groups is 2. The number of nitrogens with one attached hydrogen (secondary N) is 1. The molecule has 1 amide bonds. The van der Waals surface area contributed by atoms with Gasteiger partial charge in [-0.15, -0.1) is 0 Å². The number of carbonyl (C=O) groups excluding carboxylic acids is 2. The van der Waals surface area contributed by atoms with Gasteiger partial charge in [-0.3, -0.25) is 9.59 Å². The fourth-order valence-corrected chi connectivity index (χ4v) is 2.30. The van der Waals surface area contributed by atoms with Crippen molar-refractivity contribution in [2.75, 3.05) is 12.4 Å². The third-order valence-electron chi connectivity index (χ3n) is 3.87. The minimum atomic E-state index is -0.720. The molecule has 1 N–H and O–H groups in total. The summed E-state index contributed by atoms with van der Waals surface area (Å²) in [4.78, 5) is 23.8. The van der Waals surface area contributed by atoms with Gasteiger partial charge in [0.2, 0.25) is 0 Å². The Morgan fingerprint density at radius 3 is 2.32 bits per heavy atom. The van der Waals surface area contributed by atoms with Gasteiger partial charge in [-0.25, -0.2) is 0 Å². The fourth-order valence-electron chi connectivity index (χ4n) is 2.30. The molecule has 2 aromatic rings. The van der Waals surface area contributed by atoms with Crippen molar-refractivity contribution in [3.05, 3.63) is 53.6 Å². The first-order valence-electron chi connectivity index (χ1n) is 8.20. The van der Waals surface area contributed by atoms with Crippen molar-refractivity contribution < 1.29 is 19.1 Å². The summed E-state index contributed by atoms with van der Waals surface area (Å²) in [5.41, 5.74) is 2.45. The van der Waals surface area contributed by atoms with Crippen molar-refractivity contribution in [1.29, 1.82) is 0 Å². The van der Waals surface area contributed by atoms with E-state index < -0.39 is 6.10 Å². The summed E-state index contributed by atoms with van der Waals surface area (Å²) in [6, 6.07) is 12.6. The molecule has 0 saturated heterocycles. The molecule has 0 spiro atoms. The van der Waals surface area contributed by atoms with Crippen LogP contribution in [0.3, 0.4) is 0 Å². The monoisotopic (exact) mass is 341 g/mol. The van der Waals surface area contributed by atoms with Gasteiger partial charge in [0.1, 0.15) is 0 Å². The molecule has 5 nitrogen and oxygen atoms in total. The molecule has 0 fully saturated rings. The highest BCUT2D eigenvalue weighted by molar-refractivity contribution is 5.95. The van der Waals surface area contributed by atoms with E-state index in [4.69, 9.17) is 9.47 Å². The first-order chi connectivity index (χ1) is 11.9. The topological polar surface area (TPSA) is 64.6 Å². The van der Waals surface area contributed by atoms with Crippen LogP contribution in [0.2, 0.25) is 0 Å². The third kappa shape index (κ3) is 4.83. The van der Waals surface area contributed by atoms with Crippen molar-refractivity contribution in [1.82, 2.24) is 0 Å². The maximum absolute atomic E-state index is 12.3. The van der Waals surface area contributed by atoms with Gasteiger partial charge in [0.15, 0.2) is 23.4 Å². The van der Waals surface area contributed by atoms with Crippen molar-refractivity contribution in [3.8, 4) is 11.5 Å². The van der Waals surface area contributed by atoms with E-state index >= 15 is 0 Å². The standard InChI is InChI=1S/C20H23NO4/c1-5-15-6-9-17(10-7-15)21-20(23)14(3)25-18-11-8-16(13(2)22)12-19(18)24-4/h6-12,14H,5H2,1-4H3,(H,21,23)/t14-/m0/s1. The first kappa shape index (κ1) is 18.5. The Kier molecular flexibility index (Phi) is 6.17. The molecule has 0 saturated carbocycles. The highest BCUT2D eigenvalue weighted by Crippen LogP contribution is 2.29. The molecule has 0 unspecified atom stereocenters. The van der Waals surface area contributed by atoms with E-state index in [1.807, 2.05) is 24.3 Å². The van der Waals surface area contributed by atoms with Crippen molar-refractivity contribution in [2.24, 2.45) is 0 Å². The molecule has 5 heteroatoms. The first-order valence-corrected chi connectivity index (χ1v) is 8.20. The number of Topliss-reactive ketones (excluding diaryl/α,β-unsaturated/α-hetero) is 1. The summed E-state index contributed by atoms with van der Waals surface area (Å²) in [5, 5.41) is 2.82. The molecule has 0 aliphatic heterocycles. The number of hydrogen-bond donors (Lipinski definition) is 1. The molecule has 0 aromatic heterocycles. The maximum Gasteiger partial charge on any atom is 0.265 e. The zero-order valence-electron chi connectivity index (χ0n) is 15.0. The number of ether oxygens (including phenoxy) is 2. The average Bonchev–Trinajstić information content (AvgIpc) is 2.62. The van der Waals surface area contributed by atoms with Crippen molar-refractivity contribution in [3.63, 3.8) is 0 Å². The highest BCUT2D eigenvalue weighted by atomic mass is 16.5. The van der Waals surface area contributed by atoms with Crippen LogP contribution in [0.25, 0.3) is 0 Å². The van der Waals surface area contributed by atoms with Gasteiger partial charge >= 0.3 is 0 Å². The molecule has 2 aromatic carbocycles. The lowest BCUT2D eigenvalue weighted by atomic mass is 10.1. The quantitative estimate of drug-likeness (QED) is 0.777. The van der Waals surface area contributed by atoms with E-state index in [-0.39, 0.29) is 11.7 Å². The van der Waals surface area contributed by atoms with Crippen LogP contribution in [0.5, 0.6) is 11.5 Å². The Hall–Kier alpha value is -2.82. The molecule has 2 rings (SSSR count). The zero-order valence-corrected chi connectivity index (χ0v) is 15.0. The summed E-state index contributed by atoms with van der Waals surface area (Å²) < 4.78 is 11.0. The average molecular weight is 341 g/mol. The lowest BCUT2D eigenvalue weighted by Gasteiger charge is -2.17. The Balaban J connectivity index is 2.06. The van der Waals surface area contributed by atoms with E-state index in [1.54, 1.807) is 25.1 Å². The summed E-state index contributed by atoms with van der Waals surface area (Å²) in [7, 11) is 1.49. The molecule has 0 radical (unpaired) electrons. The van der Waals surface area contributed by atoms with Crippen LogP contribution in [0.4, 0.5) is 5.69 Å². The summed E-state index contributed by atoms with van der Waals surface area (Å²) in [6.07, 6.45) is 0.229. The lowest BCUT2D eigenvalue weighted by Crippen LogP contribution is -2.30. The molecule has 0 aliphatic carbocycles. The second-order valence-corrected chi connectivity index (χ2v) is 5.72. The maximum atomic E-state index is 12.3. The van der Waals surface area contributed by atoms with E-state index in [1.165, 1.54) is 19.6 Å². The SMILES string of the molecule is CCc1ccc(NC(=O)[C@H](C)Oc2ccc(C(C)=O)cc2OC)cc1. The minimum absolute atomic E-state index is 0.0637. The van der Waals surface area contributed by atoms with Crippen LogP contribution < -0.4 is 14.8 Å². The molecule has 132 valence electrons.